The van der Waals surface area contributed by atoms with Crippen LogP contribution in [0.3, 0.4) is 0 Å². The quantitative estimate of drug-likeness (QED) is 0.829. The molecule has 2 amide bonds. The molecule has 4 unspecified atom stereocenters. The first kappa shape index (κ1) is 15.1. The maximum atomic E-state index is 12.3. The number of hydrogen-bond acceptors (Lipinski definition) is 3. The van der Waals surface area contributed by atoms with E-state index in [4.69, 9.17) is 11.5 Å². The zero-order valence-corrected chi connectivity index (χ0v) is 14.1. The predicted octanol–water partition coefficient (Wildman–Crippen LogP) is 2.05. The third-order valence-electron chi connectivity index (χ3n) is 6.80. The molecule has 1 spiro atoms. The van der Waals surface area contributed by atoms with Gasteiger partial charge < -0.3 is 11.5 Å². The Morgan fingerprint density at radius 3 is 2.22 bits per heavy atom. The third-order valence-corrected chi connectivity index (χ3v) is 7.54. The van der Waals surface area contributed by atoms with E-state index < -0.39 is 11.8 Å². The van der Waals surface area contributed by atoms with Gasteiger partial charge in [-0.05, 0) is 61.0 Å². The zero-order chi connectivity index (χ0) is 16.4. The normalized spacial score (nSPS) is 36.3. The molecule has 0 aliphatic heterocycles. The van der Waals surface area contributed by atoms with E-state index in [9.17, 15) is 9.59 Å². The van der Waals surface area contributed by atoms with E-state index in [1.54, 1.807) is 11.8 Å². The third kappa shape index (κ3) is 1.69. The van der Waals surface area contributed by atoms with Gasteiger partial charge in [0, 0.05) is 10.3 Å². The highest BCUT2D eigenvalue weighted by atomic mass is 32.2. The van der Waals surface area contributed by atoms with Crippen molar-refractivity contribution in [1.29, 1.82) is 0 Å². The number of nitrogens with two attached hydrogens (primary N) is 2. The minimum atomic E-state index is -0.457. The summed E-state index contributed by atoms with van der Waals surface area (Å²) < 4.78 is 0. The molecule has 3 aliphatic carbocycles. The van der Waals surface area contributed by atoms with Crippen LogP contribution < -0.4 is 11.5 Å². The van der Waals surface area contributed by atoms with Crippen molar-refractivity contribution in [2.24, 2.45) is 34.6 Å². The molecule has 4 N–H and O–H groups in total. The fourth-order valence-electron chi connectivity index (χ4n) is 6.00. The number of primary amides is 2. The van der Waals surface area contributed by atoms with Crippen molar-refractivity contribution < 1.29 is 9.59 Å². The smallest absolute Gasteiger partial charge is 0.222 e. The monoisotopic (exact) mass is 330 g/mol. The number of rotatable bonds is 4. The van der Waals surface area contributed by atoms with Gasteiger partial charge in [0.2, 0.25) is 11.8 Å². The largest absolute Gasteiger partial charge is 0.369 e. The fourth-order valence-corrected chi connectivity index (χ4v) is 6.41. The Balaban J connectivity index is 1.89. The van der Waals surface area contributed by atoms with Gasteiger partial charge in [-0.1, -0.05) is 12.1 Å². The van der Waals surface area contributed by atoms with Crippen molar-refractivity contribution in [2.75, 3.05) is 6.26 Å². The van der Waals surface area contributed by atoms with Crippen molar-refractivity contribution in [3.8, 4) is 0 Å². The molecular weight excluding hydrogens is 308 g/mol. The van der Waals surface area contributed by atoms with Crippen LogP contribution in [0, 0.1) is 23.2 Å². The van der Waals surface area contributed by atoms with Crippen LogP contribution in [0.4, 0.5) is 0 Å². The Morgan fingerprint density at radius 2 is 1.74 bits per heavy atom. The van der Waals surface area contributed by atoms with Crippen LogP contribution in [0.2, 0.25) is 0 Å². The predicted molar refractivity (Wildman–Crippen MR) is 89.7 cm³/mol. The van der Waals surface area contributed by atoms with E-state index in [-0.39, 0.29) is 28.6 Å². The average Bonchev–Trinajstić information content (AvgIpc) is 3.23. The van der Waals surface area contributed by atoms with Crippen LogP contribution in [0.5, 0.6) is 0 Å². The van der Waals surface area contributed by atoms with E-state index in [0.29, 0.717) is 0 Å². The Morgan fingerprint density at radius 1 is 1.09 bits per heavy atom. The molecule has 4 rings (SSSR count). The van der Waals surface area contributed by atoms with Crippen molar-refractivity contribution in [1.82, 2.24) is 0 Å². The molecule has 2 bridgehead atoms. The molecule has 0 radical (unpaired) electrons. The van der Waals surface area contributed by atoms with Crippen molar-refractivity contribution in [2.45, 2.75) is 36.0 Å². The van der Waals surface area contributed by atoms with Crippen LogP contribution in [-0.4, -0.2) is 18.1 Å². The van der Waals surface area contributed by atoms with Crippen LogP contribution >= 0.6 is 11.8 Å². The molecule has 4 nitrogen and oxygen atoms in total. The van der Waals surface area contributed by atoms with Crippen LogP contribution in [0.1, 0.15) is 31.2 Å². The van der Waals surface area contributed by atoms with Gasteiger partial charge in [0.05, 0.1) is 11.8 Å². The summed E-state index contributed by atoms with van der Waals surface area (Å²) in [4.78, 5) is 25.6. The number of carbonyl (C=O) groups excluding carboxylic acids is 2. The number of benzene rings is 1. The molecule has 1 aromatic carbocycles. The Hall–Kier alpha value is -1.49. The average molecular weight is 330 g/mol. The van der Waals surface area contributed by atoms with Crippen molar-refractivity contribution >= 4 is 23.6 Å². The van der Waals surface area contributed by atoms with Crippen LogP contribution in [-0.2, 0) is 15.0 Å². The number of thioether (sulfide) groups is 1. The second-order valence-electron chi connectivity index (χ2n) is 7.31. The zero-order valence-electron chi connectivity index (χ0n) is 13.2. The summed E-state index contributed by atoms with van der Waals surface area (Å²) in [5, 5.41) is 0. The highest BCUT2D eigenvalue weighted by Gasteiger charge is 2.79. The highest BCUT2D eigenvalue weighted by Crippen LogP contribution is 2.80. The van der Waals surface area contributed by atoms with Gasteiger partial charge in [0.1, 0.15) is 0 Å². The molecule has 3 fully saturated rings. The molecule has 122 valence electrons. The molecule has 5 heteroatoms. The first-order chi connectivity index (χ1) is 11.0. The minimum Gasteiger partial charge on any atom is -0.369 e. The van der Waals surface area contributed by atoms with Crippen molar-refractivity contribution in [3.05, 3.63) is 29.8 Å². The second-order valence-corrected chi connectivity index (χ2v) is 8.19. The van der Waals surface area contributed by atoms with Gasteiger partial charge in [-0.3, -0.25) is 9.59 Å². The van der Waals surface area contributed by atoms with Gasteiger partial charge >= 0.3 is 0 Å². The summed E-state index contributed by atoms with van der Waals surface area (Å²) in [7, 11) is 0. The lowest BCUT2D eigenvalue weighted by molar-refractivity contribution is -0.134. The topological polar surface area (TPSA) is 86.2 Å². The Kier molecular flexibility index (Phi) is 3.12. The van der Waals surface area contributed by atoms with Crippen LogP contribution in [0.15, 0.2) is 29.2 Å². The van der Waals surface area contributed by atoms with E-state index in [0.717, 1.165) is 25.7 Å². The minimum absolute atomic E-state index is 0.0628. The highest BCUT2D eigenvalue weighted by molar-refractivity contribution is 7.98. The Labute approximate surface area is 140 Å². The first-order valence-electron chi connectivity index (χ1n) is 8.21. The van der Waals surface area contributed by atoms with Gasteiger partial charge in [-0.15, -0.1) is 11.8 Å². The van der Waals surface area contributed by atoms with Gasteiger partial charge in [0.25, 0.3) is 0 Å². The standard InChI is InChI=1S/C18H22N2O2S/c1-23-11-4-2-10(3-5-11)18-7-6-12(17(18)8-9-17)13(15(19)21)14(18)16(20)22/h2-5,12-14H,6-9H2,1H3,(H2,19,21)(H2,20,22). The molecule has 3 saturated carbocycles. The Bertz CT molecular complexity index is 683. The second kappa shape index (κ2) is 4.76. The van der Waals surface area contributed by atoms with Gasteiger partial charge in [-0.2, -0.15) is 0 Å². The molecule has 1 aromatic rings. The van der Waals surface area contributed by atoms with Crippen molar-refractivity contribution in [3.63, 3.8) is 0 Å². The maximum Gasteiger partial charge on any atom is 0.222 e. The summed E-state index contributed by atoms with van der Waals surface area (Å²) >= 11 is 1.70. The SMILES string of the molecule is CSc1ccc(C23CCC(C(C(N)=O)C2C(N)=O)C32CC2)cc1. The summed E-state index contributed by atoms with van der Waals surface area (Å²) in [5.74, 6) is -1.35. The molecule has 23 heavy (non-hydrogen) atoms. The molecule has 3 aliphatic rings. The number of amides is 2. The lowest BCUT2D eigenvalue weighted by Gasteiger charge is -2.39. The molecule has 4 atom stereocenters. The lowest BCUT2D eigenvalue weighted by Crippen LogP contribution is -2.48. The summed E-state index contributed by atoms with van der Waals surface area (Å²) in [6.45, 7) is 0. The molecule has 0 heterocycles. The lowest BCUT2D eigenvalue weighted by atomic mass is 9.63. The van der Waals surface area contributed by atoms with Crippen LogP contribution in [0.25, 0.3) is 0 Å². The van der Waals surface area contributed by atoms with E-state index in [1.807, 2.05) is 6.26 Å². The van der Waals surface area contributed by atoms with Gasteiger partial charge in [0.15, 0.2) is 0 Å². The van der Waals surface area contributed by atoms with E-state index in [1.165, 1.54) is 10.5 Å². The van der Waals surface area contributed by atoms with E-state index in [2.05, 4.69) is 24.3 Å². The van der Waals surface area contributed by atoms with E-state index >= 15 is 0 Å². The molecule has 0 saturated heterocycles. The fraction of sp³-hybridized carbons (Fsp3) is 0.556. The number of hydrogen-bond donors (Lipinski definition) is 2. The molecular formula is C18H22N2O2S. The summed E-state index contributed by atoms with van der Waals surface area (Å²) in [5.41, 5.74) is 12.4. The summed E-state index contributed by atoms with van der Waals surface area (Å²) in [6.07, 6.45) is 6.12. The maximum absolute atomic E-state index is 12.3. The summed E-state index contributed by atoms with van der Waals surface area (Å²) in [6, 6.07) is 8.48. The first-order valence-corrected chi connectivity index (χ1v) is 9.43. The molecule has 0 aromatic heterocycles. The number of carbonyl (C=O) groups is 2. The van der Waals surface area contributed by atoms with Gasteiger partial charge in [-0.25, -0.2) is 0 Å².